The minimum absolute atomic E-state index is 0.0741. The van der Waals surface area contributed by atoms with Gasteiger partial charge in [0.15, 0.2) is 0 Å². The highest BCUT2D eigenvalue weighted by Crippen LogP contribution is 2.14. The number of nitrogens with two attached hydrogens (primary N) is 2. The molecule has 104 valence electrons. The zero-order valence-electron chi connectivity index (χ0n) is 10.5. The number of aromatic hydroxyl groups is 2. The number of hydrogen-bond acceptors (Lipinski definition) is 4. The quantitative estimate of drug-likeness (QED) is 0.651. The Morgan fingerprint density at radius 2 is 1.00 bits per heavy atom. The van der Waals surface area contributed by atoms with E-state index in [1.165, 1.54) is 24.3 Å². The molecular formula is C14H14N2O4. The van der Waals surface area contributed by atoms with Gasteiger partial charge in [0.2, 0.25) is 0 Å². The number of para-hydroxylation sites is 2. The predicted octanol–water partition coefficient (Wildman–Crippen LogP) is 0.982. The molecule has 2 aromatic carbocycles. The predicted molar refractivity (Wildman–Crippen MR) is 73.2 cm³/mol. The van der Waals surface area contributed by atoms with Gasteiger partial charge >= 0.3 is 0 Å². The van der Waals surface area contributed by atoms with E-state index < -0.39 is 11.8 Å². The summed E-state index contributed by atoms with van der Waals surface area (Å²) in [6.07, 6.45) is 0. The Hall–Kier alpha value is -3.02. The van der Waals surface area contributed by atoms with Crippen molar-refractivity contribution in [2.45, 2.75) is 0 Å². The maximum Gasteiger partial charge on any atom is 0.252 e. The maximum absolute atomic E-state index is 10.5. The summed E-state index contributed by atoms with van der Waals surface area (Å²) in [5.74, 6) is -1.37. The van der Waals surface area contributed by atoms with E-state index >= 15 is 0 Å². The summed E-state index contributed by atoms with van der Waals surface area (Å²) in [5.41, 5.74) is 10.1. The van der Waals surface area contributed by atoms with Crippen LogP contribution in [0.15, 0.2) is 48.5 Å². The van der Waals surface area contributed by atoms with Gasteiger partial charge in [0.25, 0.3) is 11.8 Å². The van der Waals surface area contributed by atoms with Crippen molar-refractivity contribution < 1.29 is 19.8 Å². The second kappa shape index (κ2) is 6.79. The van der Waals surface area contributed by atoms with E-state index in [0.717, 1.165) is 0 Å². The third-order valence-corrected chi connectivity index (χ3v) is 2.34. The van der Waals surface area contributed by atoms with Crippen LogP contribution in [0.2, 0.25) is 0 Å². The number of carbonyl (C=O) groups is 2. The molecule has 0 aliphatic heterocycles. The molecule has 0 aliphatic rings. The van der Waals surface area contributed by atoms with Crippen molar-refractivity contribution in [2.75, 3.05) is 0 Å². The van der Waals surface area contributed by atoms with Crippen LogP contribution in [-0.4, -0.2) is 22.0 Å². The Morgan fingerprint density at radius 1 is 0.700 bits per heavy atom. The first-order valence-electron chi connectivity index (χ1n) is 5.59. The Morgan fingerprint density at radius 3 is 1.20 bits per heavy atom. The van der Waals surface area contributed by atoms with Crippen LogP contribution in [0.5, 0.6) is 11.5 Å². The van der Waals surface area contributed by atoms with Crippen molar-refractivity contribution >= 4 is 11.8 Å². The van der Waals surface area contributed by atoms with Crippen molar-refractivity contribution in [2.24, 2.45) is 11.5 Å². The van der Waals surface area contributed by atoms with Crippen molar-refractivity contribution in [1.29, 1.82) is 0 Å². The van der Waals surface area contributed by atoms with Gasteiger partial charge in [-0.15, -0.1) is 0 Å². The van der Waals surface area contributed by atoms with Gasteiger partial charge in [0, 0.05) is 0 Å². The van der Waals surface area contributed by atoms with Crippen LogP contribution in [0, 0.1) is 0 Å². The zero-order valence-corrected chi connectivity index (χ0v) is 10.5. The van der Waals surface area contributed by atoms with Gasteiger partial charge in [0.05, 0.1) is 11.1 Å². The van der Waals surface area contributed by atoms with Gasteiger partial charge in [-0.25, -0.2) is 0 Å². The van der Waals surface area contributed by atoms with Gasteiger partial charge in [-0.1, -0.05) is 24.3 Å². The summed E-state index contributed by atoms with van der Waals surface area (Å²) in [4.78, 5) is 21.0. The minimum Gasteiger partial charge on any atom is -0.507 e. The molecule has 0 saturated heterocycles. The molecule has 0 bridgehead atoms. The lowest BCUT2D eigenvalue weighted by atomic mass is 10.2. The lowest BCUT2D eigenvalue weighted by Gasteiger charge is -1.96. The summed E-state index contributed by atoms with van der Waals surface area (Å²) in [7, 11) is 0. The molecule has 2 rings (SSSR count). The molecule has 0 fully saturated rings. The zero-order chi connectivity index (χ0) is 15.1. The van der Waals surface area contributed by atoms with Crippen molar-refractivity contribution in [3.8, 4) is 11.5 Å². The lowest BCUT2D eigenvalue weighted by Crippen LogP contribution is -2.10. The molecule has 0 heterocycles. The van der Waals surface area contributed by atoms with Crippen LogP contribution in [0.3, 0.4) is 0 Å². The van der Waals surface area contributed by atoms with E-state index in [2.05, 4.69) is 0 Å². The first-order valence-corrected chi connectivity index (χ1v) is 5.59. The maximum atomic E-state index is 10.5. The van der Waals surface area contributed by atoms with Crippen molar-refractivity contribution in [3.63, 3.8) is 0 Å². The van der Waals surface area contributed by atoms with E-state index in [9.17, 15) is 9.59 Å². The first-order chi connectivity index (χ1) is 9.43. The fourth-order valence-corrected chi connectivity index (χ4v) is 1.36. The van der Waals surface area contributed by atoms with Crippen LogP contribution in [0.4, 0.5) is 0 Å². The molecule has 6 nitrogen and oxygen atoms in total. The van der Waals surface area contributed by atoms with Gasteiger partial charge in [-0.3, -0.25) is 9.59 Å². The fourth-order valence-electron chi connectivity index (χ4n) is 1.36. The molecule has 0 spiro atoms. The van der Waals surface area contributed by atoms with Gasteiger partial charge < -0.3 is 21.7 Å². The third kappa shape index (κ3) is 4.02. The highest BCUT2D eigenvalue weighted by Gasteiger charge is 2.04. The van der Waals surface area contributed by atoms with Gasteiger partial charge in [0.1, 0.15) is 11.5 Å². The number of primary amides is 2. The molecule has 2 amide bonds. The number of phenols is 2. The van der Waals surface area contributed by atoms with Crippen molar-refractivity contribution in [3.05, 3.63) is 59.7 Å². The molecule has 0 radical (unpaired) electrons. The molecule has 6 heteroatoms. The Labute approximate surface area is 115 Å². The molecule has 2 aromatic rings. The highest BCUT2D eigenvalue weighted by molar-refractivity contribution is 5.95. The molecular weight excluding hydrogens is 260 g/mol. The van der Waals surface area contributed by atoms with E-state index in [4.69, 9.17) is 21.7 Å². The van der Waals surface area contributed by atoms with E-state index in [-0.39, 0.29) is 22.6 Å². The topological polar surface area (TPSA) is 127 Å². The van der Waals surface area contributed by atoms with Crippen LogP contribution >= 0.6 is 0 Å². The molecule has 0 unspecified atom stereocenters. The Balaban J connectivity index is 0.000000200. The average molecular weight is 274 g/mol. The summed E-state index contributed by atoms with van der Waals surface area (Å²) < 4.78 is 0. The highest BCUT2D eigenvalue weighted by atomic mass is 16.3. The average Bonchev–Trinajstić information content (AvgIpc) is 2.40. The van der Waals surface area contributed by atoms with Crippen molar-refractivity contribution in [1.82, 2.24) is 0 Å². The monoisotopic (exact) mass is 274 g/mol. The smallest absolute Gasteiger partial charge is 0.252 e. The van der Waals surface area contributed by atoms with E-state index in [1.54, 1.807) is 24.3 Å². The first kappa shape index (κ1) is 15.0. The van der Waals surface area contributed by atoms with Crippen LogP contribution in [0.1, 0.15) is 20.7 Å². The van der Waals surface area contributed by atoms with Crippen LogP contribution in [0.25, 0.3) is 0 Å². The molecule has 0 atom stereocenters. The number of rotatable bonds is 2. The van der Waals surface area contributed by atoms with Gasteiger partial charge in [-0.05, 0) is 24.3 Å². The second-order valence-corrected chi connectivity index (χ2v) is 3.76. The summed E-state index contributed by atoms with van der Waals surface area (Å²) in [6.45, 7) is 0. The largest absolute Gasteiger partial charge is 0.507 e. The van der Waals surface area contributed by atoms with Crippen LogP contribution < -0.4 is 11.5 Å². The molecule has 0 aromatic heterocycles. The SMILES string of the molecule is NC(=O)c1ccccc1O.NC(=O)c1ccccc1O. The van der Waals surface area contributed by atoms with Gasteiger partial charge in [-0.2, -0.15) is 0 Å². The number of benzene rings is 2. The summed E-state index contributed by atoms with van der Waals surface area (Å²) in [6, 6.07) is 12.3. The number of carbonyl (C=O) groups excluding carboxylic acids is 2. The summed E-state index contributed by atoms with van der Waals surface area (Å²) >= 11 is 0. The van der Waals surface area contributed by atoms with Crippen LogP contribution in [-0.2, 0) is 0 Å². The fraction of sp³-hybridized carbons (Fsp3) is 0. The Bertz CT molecular complexity index is 571. The molecule has 6 N–H and O–H groups in total. The third-order valence-electron chi connectivity index (χ3n) is 2.34. The second-order valence-electron chi connectivity index (χ2n) is 3.76. The number of amides is 2. The minimum atomic E-state index is -0.613. The molecule has 0 saturated carbocycles. The number of hydrogen-bond donors (Lipinski definition) is 4. The Kier molecular flexibility index (Phi) is 5.11. The standard InChI is InChI=1S/2C7H7NO2/c2*8-7(10)5-3-1-2-4-6(5)9/h2*1-4,9H,(H2,8,10). The molecule has 0 aliphatic carbocycles. The summed E-state index contributed by atoms with van der Waals surface area (Å²) in [5, 5.41) is 18.0. The molecule has 20 heavy (non-hydrogen) atoms. The normalized spacial score (nSPS) is 9.20. The van der Waals surface area contributed by atoms with E-state index in [0.29, 0.717) is 0 Å². The lowest BCUT2D eigenvalue weighted by molar-refractivity contribution is 0.0989. The van der Waals surface area contributed by atoms with E-state index in [1.807, 2.05) is 0 Å².